The second kappa shape index (κ2) is 6.17. The predicted molar refractivity (Wildman–Crippen MR) is 97.4 cm³/mol. The molecule has 3 nitrogen and oxygen atoms in total. The molecule has 0 bridgehead atoms. The van der Waals surface area contributed by atoms with E-state index in [4.69, 9.17) is 10.7 Å². The van der Waals surface area contributed by atoms with Crippen molar-refractivity contribution in [3.05, 3.63) is 53.1 Å². The quantitative estimate of drug-likeness (QED) is 0.774. The molecule has 0 radical (unpaired) electrons. The summed E-state index contributed by atoms with van der Waals surface area (Å²) in [5.74, 6) is 1.61. The van der Waals surface area contributed by atoms with Crippen LogP contribution in [0.3, 0.4) is 0 Å². The molecule has 0 spiro atoms. The van der Waals surface area contributed by atoms with Gasteiger partial charge in [0.2, 0.25) is 0 Å². The molecule has 0 fully saturated rings. The second-order valence-corrected chi connectivity index (χ2v) is 6.77. The van der Waals surface area contributed by atoms with Crippen LogP contribution in [0.25, 0.3) is 22.4 Å². The summed E-state index contributed by atoms with van der Waals surface area (Å²) in [6.45, 7) is 10.3. The third-order valence-corrected chi connectivity index (χ3v) is 4.36. The van der Waals surface area contributed by atoms with Crippen LogP contribution in [0.1, 0.15) is 30.5 Å². The number of hydrogen-bond donors (Lipinski definition) is 1. The Morgan fingerprint density at radius 3 is 2.30 bits per heavy atom. The van der Waals surface area contributed by atoms with Crippen molar-refractivity contribution >= 4 is 11.0 Å². The van der Waals surface area contributed by atoms with E-state index in [1.165, 1.54) is 16.6 Å². The lowest BCUT2D eigenvalue weighted by molar-refractivity contribution is 0.536. The maximum Gasteiger partial charge on any atom is 0.141 e. The fourth-order valence-corrected chi connectivity index (χ4v) is 2.94. The molecule has 2 N–H and O–H groups in total. The number of fused-ring (bicyclic) bond motifs is 1. The van der Waals surface area contributed by atoms with Crippen LogP contribution in [0.4, 0.5) is 0 Å². The highest BCUT2D eigenvalue weighted by Crippen LogP contribution is 2.28. The van der Waals surface area contributed by atoms with Gasteiger partial charge in [-0.3, -0.25) is 0 Å². The number of benzene rings is 2. The molecule has 0 aliphatic heterocycles. The molecular formula is C20H25N3. The number of nitrogens with zero attached hydrogens (tertiary/aromatic N) is 2. The van der Waals surface area contributed by atoms with Gasteiger partial charge in [0.25, 0.3) is 0 Å². The summed E-state index contributed by atoms with van der Waals surface area (Å²) in [5.41, 5.74) is 12.9. The van der Waals surface area contributed by atoms with Crippen molar-refractivity contribution in [3.8, 4) is 11.4 Å². The molecule has 0 saturated heterocycles. The summed E-state index contributed by atoms with van der Waals surface area (Å²) in [6, 6.07) is 12.9. The van der Waals surface area contributed by atoms with E-state index in [9.17, 15) is 0 Å². The van der Waals surface area contributed by atoms with Gasteiger partial charge in [0.1, 0.15) is 5.82 Å². The Bertz CT molecular complexity index is 826. The van der Waals surface area contributed by atoms with E-state index >= 15 is 0 Å². The first-order valence-corrected chi connectivity index (χ1v) is 8.26. The minimum atomic E-state index is 0.566. The van der Waals surface area contributed by atoms with Crippen molar-refractivity contribution in [3.63, 3.8) is 0 Å². The third kappa shape index (κ3) is 3.02. The summed E-state index contributed by atoms with van der Waals surface area (Å²) in [5, 5.41) is 0. The monoisotopic (exact) mass is 307 g/mol. The molecule has 1 heterocycles. The smallest absolute Gasteiger partial charge is 0.141 e. The maximum absolute atomic E-state index is 5.71. The van der Waals surface area contributed by atoms with Crippen molar-refractivity contribution in [2.45, 2.75) is 40.8 Å². The van der Waals surface area contributed by atoms with E-state index in [1.807, 2.05) is 0 Å². The van der Waals surface area contributed by atoms with Gasteiger partial charge in [-0.1, -0.05) is 38.1 Å². The fourth-order valence-electron chi connectivity index (χ4n) is 2.94. The fraction of sp³-hybridized carbons (Fsp3) is 0.350. The average molecular weight is 307 g/mol. The molecule has 3 heteroatoms. The molecule has 23 heavy (non-hydrogen) atoms. The largest absolute Gasteiger partial charge is 0.326 e. The first-order valence-electron chi connectivity index (χ1n) is 8.26. The predicted octanol–water partition coefficient (Wildman–Crippen LogP) is 4.43. The van der Waals surface area contributed by atoms with Gasteiger partial charge in [0.05, 0.1) is 11.0 Å². The standard InChI is InChI=1S/C20H25N3/c1-13(2)12-23-19-10-15(4)14(3)9-18(19)22-20(23)17-7-5-16(11-21)6-8-17/h5-10,13H,11-12,21H2,1-4H3. The Labute approximate surface area is 138 Å². The summed E-state index contributed by atoms with van der Waals surface area (Å²) in [6.07, 6.45) is 0. The van der Waals surface area contributed by atoms with Crippen LogP contribution in [-0.2, 0) is 13.1 Å². The minimum Gasteiger partial charge on any atom is -0.326 e. The van der Waals surface area contributed by atoms with Gasteiger partial charge in [-0.05, 0) is 48.6 Å². The van der Waals surface area contributed by atoms with E-state index in [-0.39, 0.29) is 0 Å². The Balaban J connectivity index is 2.21. The summed E-state index contributed by atoms with van der Waals surface area (Å²) < 4.78 is 2.35. The zero-order valence-electron chi connectivity index (χ0n) is 14.4. The van der Waals surface area contributed by atoms with Crippen LogP contribution in [-0.4, -0.2) is 9.55 Å². The highest BCUT2D eigenvalue weighted by Gasteiger charge is 2.14. The van der Waals surface area contributed by atoms with Gasteiger partial charge in [0, 0.05) is 18.7 Å². The lowest BCUT2D eigenvalue weighted by Gasteiger charge is -2.12. The molecule has 0 amide bonds. The van der Waals surface area contributed by atoms with Crippen molar-refractivity contribution in [1.82, 2.24) is 9.55 Å². The number of aromatic nitrogens is 2. The zero-order chi connectivity index (χ0) is 16.6. The summed E-state index contributed by atoms with van der Waals surface area (Å²) >= 11 is 0. The first-order chi connectivity index (χ1) is 11.0. The van der Waals surface area contributed by atoms with Gasteiger partial charge in [-0.2, -0.15) is 0 Å². The van der Waals surface area contributed by atoms with Crippen molar-refractivity contribution < 1.29 is 0 Å². The SMILES string of the molecule is Cc1cc2nc(-c3ccc(CN)cc3)n(CC(C)C)c2cc1C. The molecule has 2 aromatic carbocycles. The Kier molecular flexibility index (Phi) is 4.22. The van der Waals surface area contributed by atoms with Crippen molar-refractivity contribution in [2.75, 3.05) is 0 Å². The average Bonchev–Trinajstić information content (AvgIpc) is 2.85. The molecule has 0 aliphatic rings. The molecule has 120 valence electrons. The van der Waals surface area contributed by atoms with Crippen LogP contribution in [0.5, 0.6) is 0 Å². The van der Waals surface area contributed by atoms with E-state index in [1.54, 1.807) is 0 Å². The van der Waals surface area contributed by atoms with E-state index in [2.05, 4.69) is 68.7 Å². The van der Waals surface area contributed by atoms with Crippen LogP contribution >= 0.6 is 0 Å². The normalized spacial score (nSPS) is 11.6. The zero-order valence-corrected chi connectivity index (χ0v) is 14.4. The highest BCUT2D eigenvalue weighted by molar-refractivity contribution is 5.82. The minimum absolute atomic E-state index is 0.566. The van der Waals surface area contributed by atoms with Crippen molar-refractivity contribution in [1.29, 1.82) is 0 Å². The molecule has 3 rings (SSSR count). The highest BCUT2D eigenvalue weighted by atomic mass is 15.1. The second-order valence-electron chi connectivity index (χ2n) is 6.77. The Hall–Kier alpha value is -2.13. The molecule has 0 aliphatic carbocycles. The van der Waals surface area contributed by atoms with Crippen LogP contribution in [0.2, 0.25) is 0 Å². The molecule has 3 aromatic rings. The molecular weight excluding hydrogens is 282 g/mol. The van der Waals surface area contributed by atoms with Gasteiger partial charge in [-0.25, -0.2) is 4.98 Å². The number of aryl methyl sites for hydroxylation is 2. The molecule has 1 aromatic heterocycles. The van der Waals surface area contributed by atoms with Crippen LogP contribution < -0.4 is 5.73 Å². The number of imidazole rings is 1. The van der Waals surface area contributed by atoms with Crippen LogP contribution in [0.15, 0.2) is 36.4 Å². The number of hydrogen-bond acceptors (Lipinski definition) is 2. The topological polar surface area (TPSA) is 43.8 Å². The first kappa shape index (κ1) is 15.8. The van der Waals surface area contributed by atoms with E-state index in [0.29, 0.717) is 12.5 Å². The maximum atomic E-state index is 5.71. The van der Waals surface area contributed by atoms with E-state index < -0.39 is 0 Å². The number of rotatable bonds is 4. The lowest BCUT2D eigenvalue weighted by Crippen LogP contribution is -2.06. The van der Waals surface area contributed by atoms with E-state index in [0.717, 1.165) is 29.0 Å². The van der Waals surface area contributed by atoms with Gasteiger partial charge >= 0.3 is 0 Å². The van der Waals surface area contributed by atoms with Gasteiger partial charge < -0.3 is 10.3 Å². The third-order valence-electron chi connectivity index (χ3n) is 4.36. The number of nitrogens with two attached hydrogens (primary N) is 1. The molecule has 0 saturated carbocycles. The van der Waals surface area contributed by atoms with Crippen LogP contribution in [0, 0.1) is 19.8 Å². The van der Waals surface area contributed by atoms with Gasteiger partial charge in [-0.15, -0.1) is 0 Å². The summed E-state index contributed by atoms with van der Waals surface area (Å²) in [4.78, 5) is 4.93. The Morgan fingerprint density at radius 2 is 1.70 bits per heavy atom. The van der Waals surface area contributed by atoms with Gasteiger partial charge in [0.15, 0.2) is 0 Å². The molecule has 0 atom stereocenters. The summed E-state index contributed by atoms with van der Waals surface area (Å²) in [7, 11) is 0. The van der Waals surface area contributed by atoms with Crippen molar-refractivity contribution in [2.24, 2.45) is 11.7 Å². The molecule has 0 unspecified atom stereocenters. The lowest BCUT2D eigenvalue weighted by atomic mass is 10.1. The Morgan fingerprint density at radius 1 is 1.04 bits per heavy atom.